The van der Waals surface area contributed by atoms with Crippen LogP contribution in [0.3, 0.4) is 0 Å². The van der Waals surface area contributed by atoms with E-state index in [1.165, 1.54) is 6.92 Å². The van der Waals surface area contributed by atoms with E-state index in [9.17, 15) is 18.4 Å². The summed E-state index contributed by atoms with van der Waals surface area (Å²) < 4.78 is 29.0. The molecule has 0 aliphatic carbocycles. The van der Waals surface area contributed by atoms with Gasteiger partial charge in [0, 0.05) is 6.42 Å². The van der Waals surface area contributed by atoms with Crippen molar-refractivity contribution in [1.82, 2.24) is 0 Å². The Morgan fingerprint density at radius 3 is 2.41 bits per heavy atom. The highest BCUT2D eigenvalue weighted by Crippen LogP contribution is 2.16. The average molecular weight is 250 g/mol. The quantitative estimate of drug-likeness (QED) is 0.292. The normalized spacial score (nSPS) is 12.2. The van der Waals surface area contributed by atoms with Gasteiger partial charge in [-0.1, -0.05) is 0 Å². The van der Waals surface area contributed by atoms with E-state index in [-0.39, 0.29) is 31.7 Å². The van der Waals surface area contributed by atoms with E-state index < -0.39 is 24.1 Å². The van der Waals surface area contributed by atoms with Gasteiger partial charge in [0.25, 0.3) is 6.43 Å². The number of halogens is 2. The standard InChI is InChI=1S/C10H16F2N2O3/c1-2-17-10(16)6(8(15)9(11)12)4-3-5-7(13)14/h6,9H,2-5H2,1H3,(H3,13,14). The van der Waals surface area contributed by atoms with E-state index in [1.807, 2.05) is 0 Å². The summed E-state index contributed by atoms with van der Waals surface area (Å²) in [4.78, 5) is 22.4. The van der Waals surface area contributed by atoms with Crippen LogP contribution >= 0.6 is 0 Å². The van der Waals surface area contributed by atoms with Crippen LogP contribution in [-0.2, 0) is 14.3 Å². The van der Waals surface area contributed by atoms with Gasteiger partial charge in [-0.2, -0.15) is 0 Å². The number of esters is 1. The predicted octanol–water partition coefficient (Wildman–Crippen LogP) is 1.11. The Balaban J connectivity index is 4.45. The van der Waals surface area contributed by atoms with Crippen molar-refractivity contribution in [3.8, 4) is 0 Å². The van der Waals surface area contributed by atoms with Crippen LogP contribution in [-0.4, -0.2) is 30.6 Å². The summed E-state index contributed by atoms with van der Waals surface area (Å²) in [7, 11) is 0. The zero-order valence-electron chi connectivity index (χ0n) is 9.54. The van der Waals surface area contributed by atoms with Gasteiger partial charge in [-0.15, -0.1) is 0 Å². The topological polar surface area (TPSA) is 93.2 Å². The number of ether oxygens (including phenoxy) is 1. The van der Waals surface area contributed by atoms with E-state index in [0.29, 0.717) is 0 Å². The maximum Gasteiger partial charge on any atom is 0.316 e. The summed E-state index contributed by atoms with van der Waals surface area (Å²) in [6.45, 7) is 1.55. The highest BCUT2D eigenvalue weighted by atomic mass is 19.3. The van der Waals surface area contributed by atoms with Crippen LogP contribution in [0.4, 0.5) is 8.78 Å². The van der Waals surface area contributed by atoms with Gasteiger partial charge in [-0.05, 0) is 19.8 Å². The van der Waals surface area contributed by atoms with Gasteiger partial charge in [-0.3, -0.25) is 15.0 Å². The molecular formula is C10H16F2N2O3. The largest absolute Gasteiger partial charge is 0.465 e. The van der Waals surface area contributed by atoms with Gasteiger partial charge in [0.15, 0.2) is 0 Å². The van der Waals surface area contributed by atoms with Gasteiger partial charge < -0.3 is 10.5 Å². The van der Waals surface area contributed by atoms with E-state index in [4.69, 9.17) is 11.1 Å². The third-order valence-electron chi connectivity index (χ3n) is 2.07. The minimum Gasteiger partial charge on any atom is -0.465 e. The van der Waals surface area contributed by atoms with E-state index in [2.05, 4.69) is 4.74 Å². The molecule has 0 spiro atoms. The lowest BCUT2D eigenvalue weighted by Gasteiger charge is -2.13. The number of carbonyl (C=O) groups is 2. The Bertz CT molecular complexity index is 295. The van der Waals surface area contributed by atoms with Crippen LogP contribution in [0.5, 0.6) is 0 Å². The lowest BCUT2D eigenvalue weighted by atomic mass is 9.97. The first-order chi connectivity index (χ1) is 7.90. The number of Topliss-reactive ketones (excluding diaryl/α,β-unsaturated/α-hetero) is 1. The van der Waals surface area contributed by atoms with Crippen molar-refractivity contribution in [2.24, 2.45) is 11.7 Å². The molecule has 0 bridgehead atoms. The molecule has 0 aromatic carbocycles. The summed E-state index contributed by atoms with van der Waals surface area (Å²) in [5.74, 6) is -3.96. The van der Waals surface area contributed by atoms with Crippen molar-refractivity contribution < 1.29 is 23.1 Å². The molecule has 3 N–H and O–H groups in total. The van der Waals surface area contributed by atoms with Gasteiger partial charge in [-0.25, -0.2) is 8.78 Å². The molecule has 0 saturated carbocycles. The first kappa shape index (κ1) is 15.5. The Hall–Kier alpha value is -1.53. The highest BCUT2D eigenvalue weighted by Gasteiger charge is 2.33. The molecule has 0 saturated heterocycles. The van der Waals surface area contributed by atoms with Gasteiger partial charge in [0.2, 0.25) is 5.78 Å². The first-order valence-electron chi connectivity index (χ1n) is 5.21. The van der Waals surface area contributed by atoms with Crippen molar-refractivity contribution in [3.63, 3.8) is 0 Å². The van der Waals surface area contributed by atoms with Crippen LogP contribution in [0, 0.1) is 11.3 Å². The number of alkyl halides is 2. The third kappa shape index (κ3) is 5.94. The summed E-state index contributed by atoms with van der Waals surface area (Å²) in [6, 6.07) is 0. The van der Waals surface area contributed by atoms with Crippen molar-refractivity contribution in [2.75, 3.05) is 6.61 Å². The number of carbonyl (C=O) groups excluding carboxylic acids is 2. The Morgan fingerprint density at radius 1 is 1.41 bits per heavy atom. The number of nitrogens with one attached hydrogen (secondary N) is 1. The molecule has 0 aliphatic rings. The molecule has 0 aromatic rings. The molecule has 0 heterocycles. The number of hydrogen-bond acceptors (Lipinski definition) is 4. The highest BCUT2D eigenvalue weighted by molar-refractivity contribution is 6.00. The second-order valence-electron chi connectivity index (χ2n) is 3.43. The molecule has 5 nitrogen and oxygen atoms in total. The maximum absolute atomic E-state index is 12.2. The van der Waals surface area contributed by atoms with Crippen LogP contribution in [0.25, 0.3) is 0 Å². The molecule has 7 heteroatoms. The average Bonchev–Trinajstić information content (AvgIpc) is 2.23. The Labute approximate surface area is 97.8 Å². The van der Waals surface area contributed by atoms with E-state index >= 15 is 0 Å². The van der Waals surface area contributed by atoms with Gasteiger partial charge in [0.05, 0.1) is 12.4 Å². The predicted molar refractivity (Wildman–Crippen MR) is 56.9 cm³/mol. The number of hydrogen-bond donors (Lipinski definition) is 2. The smallest absolute Gasteiger partial charge is 0.316 e. The van der Waals surface area contributed by atoms with Crippen molar-refractivity contribution in [2.45, 2.75) is 32.6 Å². The van der Waals surface area contributed by atoms with Crippen molar-refractivity contribution in [1.29, 1.82) is 5.41 Å². The van der Waals surface area contributed by atoms with E-state index in [1.54, 1.807) is 0 Å². The zero-order chi connectivity index (χ0) is 13.4. The van der Waals surface area contributed by atoms with Crippen LogP contribution < -0.4 is 5.73 Å². The second-order valence-corrected chi connectivity index (χ2v) is 3.43. The summed E-state index contributed by atoms with van der Waals surface area (Å²) >= 11 is 0. The number of ketones is 1. The molecule has 0 rings (SSSR count). The molecule has 0 amide bonds. The fraction of sp³-hybridized carbons (Fsp3) is 0.700. The number of nitrogens with two attached hydrogens (primary N) is 1. The lowest BCUT2D eigenvalue weighted by molar-refractivity contribution is -0.155. The van der Waals surface area contributed by atoms with Crippen molar-refractivity contribution >= 4 is 17.6 Å². The zero-order valence-corrected chi connectivity index (χ0v) is 9.54. The molecule has 17 heavy (non-hydrogen) atoms. The number of amidine groups is 1. The minimum atomic E-state index is -3.19. The fourth-order valence-corrected chi connectivity index (χ4v) is 1.27. The monoisotopic (exact) mass is 250 g/mol. The molecule has 0 aliphatic heterocycles. The molecule has 0 aromatic heterocycles. The minimum absolute atomic E-state index is 0.0263. The molecular weight excluding hydrogens is 234 g/mol. The maximum atomic E-state index is 12.2. The van der Waals surface area contributed by atoms with Crippen molar-refractivity contribution in [3.05, 3.63) is 0 Å². The summed E-state index contributed by atoms with van der Waals surface area (Å²) in [6.07, 6.45) is -2.90. The third-order valence-corrected chi connectivity index (χ3v) is 2.07. The Morgan fingerprint density at radius 2 is 2.00 bits per heavy atom. The van der Waals surface area contributed by atoms with Gasteiger partial charge in [0.1, 0.15) is 5.92 Å². The first-order valence-corrected chi connectivity index (χ1v) is 5.21. The van der Waals surface area contributed by atoms with Crippen LogP contribution in [0.2, 0.25) is 0 Å². The van der Waals surface area contributed by atoms with Crippen LogP contribution in [0.1, 0.15) is 26.2 Å². The molecule has 1 unspecified atom stereocenters. The van der Waals surface area contributed by atoms with Crippen LogP contribution in [0.15, 0.2) is 0 Å². The van der Waals surface area contributed by atoms with E-state index in [0.717, 1.165) is 0 Å². The summed E-state index contributed by atoms with van der Waals surface area (Å²) in [5.41, 5.74) is 5.08. The lowest BCUT2D eigenvalue weighted by Crippen LogP contribution is -2.31. The summed E-state index contributed by atoms with van der Waals surface area (Å²) in [5, 5.41) is 6.95. The molecule has 0 radical (unpaired) electrons. The fourth-order valence-electron chi connectivity index (χ4n) is 1.27. The molecule has 1 atom stereocenters. The second kappa shape index (κ2) is 7.70. The SMILES string of the molecule is CCOC(=O)C(CCCC(=N)N)C(=O)C(F)F. The molecule has 98 valence electrons. The number of rotatable bonds is 8. The van der Waals surface area contributed by atoms with Gasteiger partial charge >= 0.3 is 5.97 Å². The molecule has 0 fully saturated rings. The Kier molecular flexibility index (Phi) is 7.00.